The van der Waals surface area contributed by atoms with Crippen molar-refractivity contribution < 1.29 is 18.0 Å². The van der Waals surface area contributed by atoms with Crippen molar-refractivity contribution in [2.45, 2.75) is 26.2 Å². The van der Waals surface area contributed by atoms with Gasteiger partial charge in [-0.05, 0) is 18.6 Å². The first kappa shape index (κ1) is 20.6. The van der Waals surface area contributed by atoms with Crippen LogP contribution in [0.3, 0.4) is 0 Å². The summed E-state index contributed by atoms with van der Waals surface area (Å²) in [5.74, 6) is -0.636. The zero-order valence-corrected chi connectivity index (χ0v) is 15.9. The van der Waals surface area contributed by atoms with Crippen LogP contribution >= 0.6 is 11.6 Å². The summed E-state index contributed by atoms with van der Waals surface area (Å²) >= 11 is 6.35. The van der Waals surface area contributed by atoms with Gasteiger partial charge < -0.3 is 0 Å². The van der Waals surface area contributed by atoms with Crippen molar-refractivity contribution in [3.05, 3.63) is 70.3 Å². The molecule has 2 aromatic heterocycles. The quantitative estimate of drug-likeness (QED) is 0.487. The van der Waals surface area contributed by atoms with Crippen LogP contribution in [0.4, 0.5) is 13.2 Å². The van der Waals surface area contributed by atoms with Crippen molar-refractivity contribution in [2.75, 3.05) is 0 Å². The average molecular weight is 425 g/mol. The van der Waals surface area contributed by atoms with Gasteiger partial charge in [0.25, 0.3) is 5.91 Å². The highest BCUT2D eigenvalue weighted by Gasteiger charge is 2.33. The van der Waals surface area contributed by atoms with E-state index in [1.54, 1.807) is 11.6 Å². The number of carbonyl (C=O) groups excluding carboxylic acids is 1. The summed E-state index contributed by atoms with van der Waals surface area (Å²) in [5.41, 5.74) is 3.33. The number of hydrazone groups is 1. The minimum atomic E-state index is -4.56. The van der Waals surface area contributed by atoms with Gasteiger partial charge in [-0.2, -0.15) is 28.5 Å². The maximum atomic E-state index is 12.5. The number of aromatic nitrogens is 4. The second kappa shape index (κ2) is 8.48. The molecule has 1 amide bonds. The number of aryl methyl sites for hydroxylation is 1. The molecule has 2 heterocycles. The lowest BCUT2D eigenvalue weighted by Crippen LogP contribution is -2.23. The first-order valence-electron chi connectivity index (χ1n) is 8.43. The van der Waals surface area contributed by atoms with Gasteiger partial charge in [0.2, 0.25) is 0 Å². The normalized spacial score (nSPS) is 11.9. The van der Waals surface area contributed by atoms with Gasteiger partial charge in [0.1, 0.15) is 11.7 Å². The van der Waals surface area contributed by atoms with Crippen LogP contribution in [0.15, 0.2) is 47.7 Å². The number of hydrogen-bond acceptors (Lipinski definition) is 4. The molecule has 0 fully saturated rings. The van der Waals surface area contributed by atoms with Crippen LogP contribution in [-0.4, -0.2) is 31.7 Å². The monoisotopic (exact) mass is 424 g/mol. The summed E-state index contributed by atoms with van der Waals surface area (Å²) in [6.45, 7) is 1.81. The molecule has 3 rings (SSSR count). The lowest BCUT2D eigenvalue weighted by molar-refractivity contribution is -0.141. The summed E-state index contributed by atoms with van der Waals surface area (Å²) < 4.78 is 40.1. The number of hydrogen-bond donors (Lipinski definition) is 1. The number of nitrogens with one attached hydrogen (secondary N) is 1. The van der Waals surface area contributed by atoms with Crippen LogP contribution in [-0.2, 0) is 24.1 Å². The number of amides is 1. The van der Waals surface area contributed by atoms with Gasteiger partial charge in [0, 0.05) is 6.20 Å². The Morgan fingerprint density at radius 2 is 1.97 bits per heavy atom. The fourth-order valence-electron chi connectivity index (χ4n) is 2.53. The Morgan fingerprint density at radius 3 is 2.62 bits per heavy atom. The van der Waals surface area contributed by atoms with E-state index in [9.17, 15) is 18.0 Å². The van der Waals surface area contributed by atoms with Crippen molar-refractivity contribution in [3.63, 3.8) is 0 Å². The second-order valence-corrected chi connectivity index (χ2v) is 6.48. The van der Waals surface area contributed by atoms with Crippen molar-refractivity contribution >= 4 is 23.7 Å². The zero-order chi connectivity index (χ0) is 21.0. The summed E-state index contributed by atoms with van der Waals surface area (Å²) in [7, 11) is 0. The number of rotatable bonds is 6. The number of halogens is 4. The molecule has 3 aromatic rings. The standard InChI is InChI=1S/C18H16ClF3N6O/c1-12-14(17(19)28(25-12)10-13-5-3-2-4-6-13)9-23-24-16(29)11-27-8-7-15(26-27)18(20,21)22/h2-9H,10-11H2,1H3,(H,24,29). The fourth-order valence-corrected chi connectivity index (χ4v) is 2.81. The molecule has 0 bridgehead atoms. The van der Waals surface area contributed by atoms with Crippen molar-refractivity contribution in [2.24, 2.45) is 5.10 Å². The van der Waals surface area contributed by atoms with Crippen LogP contribution < -0.4 is 5.43 Å². The maximum Gasteiger partial charge on any atom is 0.435 e. The van der Waals surface area contributed by atoms with E-state index in [1.165, 1.54) is 6.21 Å². The van der Waals surface area contributed by atoms with Crippen LogP contribution in [0, 0.1) is 6.92 Å². The average Bonchev–Trinajstić information content (AvgIpc) is 3.23. The molecular weight excluding hydrogens is 409 g/mol. The van der Waals surface area contributed by atoms with Gasteiger partial charge in [-0.15, -0.1) is 0 Å². The molecule has 0 aliphatic heterocycles. The highest BCUT2D eigenvalue weighted by atomic mass is 35.5. The van der Waals surface area contributed by atoms with E-state index in [4.69, 9.17) is 11.6 Å². The maximum absolute atomic E-state index is 12.5. The first-order valence-corrected chi connectivity index (χ1v) is 8.81. The SMILES string of the molecule is Cc1nn(Cc2ccccc2)c(Cl)c1C=NNC(=O)Cn1ccc(C(F)(F)F)n1. The van der Waals surface area contributed by atoms with Gasteiger partial charge in [-0.1, -0.05) is 41.9 Å². The molecule has 0 aliphatic rings. The molecule has 1 aromatic carbocycles. The summed E-state index contributed by atoms with van der Waals surface area (Å²) in [6, 6.07) is 10.4. The fraction of sp³-hybridized carbons (Fsp3) is 0.222. The van der Waals surface area contributed by atoms with Crippen LogP contribution in [0.1, 0.15) is 22.5 Å². The third-order valence-electron chi connectivity index (χ3n) is 3.90. The zero-order valence-electron chi connectivity index (χ0n) is 15.2. The third-order valence-corrected chi connectivity index (χ3v) is 4.30. The number of carbonyl (C=O) groups is 1. The van der Waals surface area contributed by atoms with Gasteiger partial charge in [0.15, 0.2) is 5.69 Å². The molecule has 0 radical (unpaired) electrons. The topological polar surface area (TPSA) is 77.1 Å². The molecule has 0 unspecified atom stereocenters. The van der Waals surface area contributed by atoms with Crippen LogP contribution in [0.5, 0.6) is 0 Å². The molecule has 152 valence electrons. The lowest BCUT2D eigenvalue weighted by atomic mass is 10.2. The molecule has 0 aliphatic carbocycles. The third kappa shape index (κ3) is 5.23. The van der Waals surface area contributed by atoms with Crippen molar-refractivity contribution in [3.8, 4) is 0 Å². The molecule has 11 heteroatoms. The van der Waals surface area contributed by atoms with Crippen LogP contribution in [0.2, 0.25) is 5.15 Å². The number of nitrogens with zero attached hydrogens (tertiary/aromatic N) is 5. The van der Waals surface area contributed by atoms with E-state index in [-0.39, 0.29) is 0 Å². The minimum absolute atomic E-state index is 0.353. The molecular formula is C18H16ClF3N6O. The lowest BCUT2D eigenvalue weighted by Gasteiger charge is -2.03. The predicted molar refractivity (Wildman–Crippen MR) is 100 cm³/mol. The van der Waals surface area contributed by atoms with E-state index >= 15 is 0 Å². The molecule has 7 nitrogen and oxygen atoms in total. The van der Waals surface area contributed by atoms with E-state index in [0.29, 0.717) is 23.0 Å². The molecule has 29 heavy (non-hydrogen) atoms. The number of alkyl halides is 3. The molecule has 0 saturated heterocycles. The largest absolute Gasteiger partial charge is 0.435 e. The Morgan fingerprint density at radius 1 is 1.24 bits per heavy atom. The Bertz CT molecular complexity index is 1030. The van der Waals surface area contributed by atoms with Crippen molar-refractivity contribution in [1.29, 1.82) is 0 Å². The Kier molecular flexibility index (Phi) is 6.02. The Labute approximate surface area is 168 Å². The van der Waals surface area contributed by atoms with E-state index < -0.39 is 24.3 Å². The second-order valence-electron chi connectivity index (χ2n) is 6.12. The van der Waals surface area contributed by atoms with E-state index in [2.05, 4.69) is 20.7 Å². The van der Waals surface area contributed by atoms with Crippen LogP contribution in [0.25, 0.3) is 0 Å². The molecule has 1 N–H and O–H groups in total. The summed E-state index contributed by atoms with van der Waals surface area (Å²) in [5, 5.41) is 11.8. The predicted octanol–water partition coefficient (Wildman–Crippen LogP) is 3.26. The van der Waals surface area contributed by atoms with E-state index in [0.717, 1.165) is 22.5 Å². The minimum Gasteiger partial charge on any atom is -0.271 e. The Hall–Kier alpha value is -3.14. The highest BCUT2D eigenvalue weighted by molar-refractivity contribution is 6.32. The molecule has 0 saturated carbocycles. The van der Waals surface area contributed by atoms with Gasteiger partial charge in [-0.3, -0.25) is 9.48 Å². The molecule has 0 spiro atoms. The smallest absolute Gasteiger partial charge is 0.271 e. The highest BCUT2D eigenvalue weighted by Crippen LogP contribution is 2.27. The number of benzene rings is 1. The van der Waals surface area contributed by atoms with Gasteiger partial charge in [0.05, 0.1) is 24.0 Å². The molecule has 0 atom stereocenters. The Balaban J connectivity index is 1.61. The van der Waals surface area contributed by atoms with E-state index in [1.807, 2.05) is 30.3 Å². The van der Waals surface area contributed by atoms with Gasteiger partial charge >= 0.3 is 6.18 Å². The van der Waals surface area contributed by atoms with Crippen molar-refractivity contribution in [1.82, 2.24) is 25.0 Å². The van der Waals surface area contributed by atoms with Gasteiger partial charge in [-0.25, -0.2) is 10.1 Å². The summed E-state index contributed by atoms with van der Waals surface area (Å²) in [6.07, 6.45) is -2.15. The first-order chi connectivity index (χ1) is 13.7. The summed E-state index contributed by atoms with van der Waals surface area (Å²) in [4.78, 5) is 11.9.